The largest absolute Gasteiger partial charge is 0.497 e. The van der Waals surface area contributed by atoms with E-state index in [4.69, 9.17) is 4.74 Å². The van der Waals surface area contributed by atoms with Crippen LogP contribution in [0.2, 0.25) is 0 Å². The SMILES string of the molecule is CCC(C(=O)NC1CCCCC1)N(Cc1ccc(OC)cc1)C(=O)CN(c1ccccc1C)S(=O)(=O)c1ccccc1. The Balaban J connectivity index is 1.70. The fourth-order valence-corrected chi connectivity index (χ4v) is 6.97. The number of methoxy groups -OCH3 is 1. The molecule has 1 saturated carbocycles. The first-order chi connectivity index (χ1) is 20.2. The van der Waals surface area contributed by atoms with E-state index in [9.17, 15) is 18.0 Å². The molecule has 0 saturated heterocycles. The van der Waals surface area contributed by atoms with Crippen molar-refractivity contribution in [2.75, 3.05) is 18.0 Å². The predicted molar refractivity (Wildman–Crippen MR) is 165 cm³/mol. The van der Waals surface area contributed by atoms with E-state index in [2.05, 4.69) is 5.32 Å². The molecule has 42 heavy (non-hydrogen) atoms. The van der Waals surface area contributed by atoms with E-state index in [1.807, 2.05) is 38.1 Å². The van der Waals surface area contributed by atoms with Gasteiger partial charge in [0.1, 0.15) is 18.3 Å². The van der Waals surface area contributed by atoms with Gasteiger partial charge in [-0.15, -0.1) is 0 Å². The van der Waals surface area contributed by atoms with Crippen LogP contribution in [0.25, 0.3) is 0 Å². The highest BCUT2D eigenvalue weighted by Crippen LogP contribution is 2.28. The van der Waals surface area contributed by atoms with Gasteiger partial charge in [-0.3, -0.25) is 13.9 Å². The number of nitrogens with one attached hydrogen (secondary N) is 1. The lowest BCUT2D eigenvalue weighted by Gasteiger charge is -2.34. The Morgan fingerprint density at radius 1 is 0.929 bits per heavy atom. The molecule has 0 spiro atoms. The molecule has 0 heterocycles. The van der Waals surface area contributed by atoms with Crippen LogP contribution in [0, 0.1) is 6.92 Å². The maximum atomic E-state index is 14.3. The molecule has 1 unspecified atom stereocenters. The second-order valence-electron chi connectivity index (χ2n) is 10.7. The van der Waals surface area contributed by atoms with Gasteiger partial charge in [-0.05, 0) is 67.6 Å². The number of para-hydroxylation sites is 1. The highest BCUT2D eigenvalue weighted by molar-refractivity contribution is 7.92. The van der Waals surface area contributed by atoms with Crippen LogP contribution >= 0.6 is 0 Å². The highest BCUT2D eigenvalue weighted by atomic mass is 32.2. The van der Waals surface area contributed by atoms with E-state index >= 15 is 0 Å². The standard InChI is InChI=1S/C33H41N3O5S/c1-4-30(33(38)34-27-14-7-5-8-15-27)35(23-26-19-21-28(41-3)22-20-26)32(37)24-36(31-18-12-11-13-25(31)2)42(39,40)29-16-9-6-10-17-29/h6,9-13,16-22,27,30H,4-5,7-8,14-15,23-24H2,1-3H3,(H,34,38). The molecule has 3 aromatic rings. The molecule has 3 aromatic carbocycles. The number of carbonyl (C=O) groups excluding carboxylic acids is 2. The van der Waals surface area contributed by atoms with Gasteiger partial charge in [0.25, 0.3) is 10.0 Å². The lowest BCUT2D eigenvalue weighted by Crippen LogP contribution is -2.54. The van der Waals surface area contributed by atoms with E-state index in [1.165, 1.54) is 17.0 Å². The minimum Gasteiger partial charge on any atom is -0.497 e. The zero-order chi connectivity index (χ0) is 30.1. The molecule has 1 atom stereocenters. The highest BCUT2D eigenvalue weighted by Gasteiger charge is 2.34. The van der Waals surface area contributed by atoms with Gasteiger partial charge in [0.05, 0.1) is 17.7 Å². The smallest absolute Gasteiger partial charge is 0.264 e. The molecule has 0 radical (unpaired) electrons. The third-order valence-electron chi connectivity index (χ3n) is 7.84. The molecule has 0 bridgehead atoms. The Labute approximate surface area is 249 Å². The van der Waals surface area contributed by atoms with Crippen molar-refractivity contribution >= 4 is 27.5 Å². The van der Waals surface area contributed by atoms with Gasteiger partial charge in [-0.2, -0.15) is 0 Å². The molecule has 2 amide bonds. The molecule has 224 valence electrons. The van der Waals surface area contributed by atoms with Crippen molar-refractivity contribution in [3.8, 4) is 5.75 Å². The number of ether oxygens (including phenoxy) is 1. The zero-order valence-electron chi connectivity index (χ0n) is 24.7. The number of anilines is 1. The Morgan fingerprint density at radius 2 is 1.57 bits per heavy atom. The molecule has 9 heteroatoms. The normalized spacial score (nSPS) is 14.5. The summed E-state index contributed by atoms with van der Waals surface area (Å²) in [4.78, 5) is 29.5. The van der Waals surface area contributed by atoms with Gasteiger partial charge in [0.2, 0.25) is 11.8 Å². The lowest BCUT2D eigenvalue weighted by molar-refractivity contribution is -0.140. The van der Waals surface area contributed by atoms with Crippen LogP contribution in [0.5, 0.6) is 5.75 Å². The summed E-state index contributed by atoms with van der Waals surface area (Å²) in [6, 6.07) is 21.8. The van der Waals surface area contributed by atoms with Gasteiger partial charge in [-0.25, -0.2) is 8.42 Å². The second kappa shape index (κ2) is 14.4. The van der Waals surface area contributed by atoms with Gasteiger partial charge < -0.3 is 15.0 Å². The van der Waals surface area contributed by atoms with E-state index < -0.39 is 28.5 Å². The molecule has 1 aliphatic rings. The molecule has 4 rings (SSSR count). The minimum absolute atomic E-state index is 0.0835. The molecular formula is C33H41N3O5S. The van der Waals surface area contributed by atoms with E-state index in [-0.39, 0.29) is 23.4 Å². The summed E-state index contributed by atoms with van der Waals surface area (Å²) >= 11 is 0. The summed E-state index contributed by atoms with van der Waals surface area (Å²) in [5, 5.41) is 3.17. The fraction of sp³-hybridized carbons (Fsp3) is 0.394. The second-order valence-corrected chi connectivity index (χ2v) is 12.6. The van der Waals surface area contributed by atoms with Crippen molar-refractivity contribution in [1.82, 2.24) is 10.2 Å². The van der Waals surface area contributed by atoms with Crippen molar-refractivity contribution in [1.29, 1.82) is 0 Å². The number of rotatable bonds is 12. The Kier molecular flexibility index (Phi) is 10.6. The summed E-state index contributed by atoms with van der Waals surface area (Å²) in [5.41, 5.74) is 1.94. The van der Waals surface area contributed by atoms with Crippen molar-refractivity contribution in [2.45, 2.75) is 75.9 Å². The Hall–Kier alpha value is -3.85. The quantitative estimate of drug-likeness (QED) is 0.302. The number of nitrogens with zero attached hydrogens (tertiary/aromatic N) is 2. The number of hydrogen-bond donors (Lipinski definition) is 1. The predicted octanol–water partition coefficient (Wildman–Crippen LogP) is 5.46. The minimum atomic E-state index is -4.09. The summed E-state index contributed by atoms with van der Waals surface area (Å²) < 4.78 is 34.4. The Morgan fingerprint density at radius 3 is 2.19 bits per heavy atom. The van der Waals surface area contributed by atoms with Crippen LogP contribution in [-0.2, 0) is 26.2 Å². The summed E-state index contributed by atoms with van der Waals surface area (Å²) in [6.07, 6.45) is 5.53. The molecule has 1 aliphatic carbocycles. The van der Waals surface area contributed by atoms with Crippen LogP contribution in [0.4, 0.5) is 5.69 Å². The lowest BCUT2D eigenvalue weighted by atomic mass is 9.95. The molecule has 8 nitrogen and oxygen atoms in total. The number of carbonyl (C=O) groups is 2. The van der Waals surface area contributed by atoms with Gasteiger partial charge in [-0.1, -0.05) is 74.7 Å². The monoisotopic (exact) mass is 591 g/mol. The van der Waals surface area contributed by atoms with E-state index in [0.717, 1.165) is 42.0 Å². The maximum Gasteiger partial charge on any atom is 0.264 e. The summed E-state index contributed by atoms with van der Waals surface area (Å²) in [6.45, 7) is 3.38. The molecule has 1 N–H and O–H groups in total. The van der Waals surface area contributed by atoms with E-state index in [0.29, 0.717) is 23.4 Å². The molecule has 1 fully saturated rings. The number of amides is 2. The van der Waals surface area contributed by atoms with E-state index in [1.54, 1.807) is 49.6 Å². The Bertz CT molecular complexity index is 1440. The third-order valence-corrected chi connectivity index (χ3v) is 9.62. The molecule has 0 aliphatic heterocycles. The van der Waals surface area contributed by atoms with Crippen LogP contribution in [0.15, 0.2) is 83.8 Å². The number of hydrogen-bond acceptors (Lipinski definition) is 5. The summed E-state index contributed by atoms with van der Waals surface area (Å²) in [7, 11) is -2.51. The third kappa shape index (κ3) is 7.50. The average Bonchev–Trinajstić information content (AvgIpc) is 3.01. The topological polar surface area (TPSA) is 96.0 Å². The van der Waals surface area contributed by atoms with Crippen LogP contribution in [-0.4, -0.2) is 50.9 Å². The van der Waals surface area contributed by atoms with Crippen LogP contribution in [0.3, 0.4) is 0 Å². The maximum absolute atomic E-state index is 14.3. The zero-order valence-corrected chi connectivity index (χ0v) is 25.5. The van der Waals surface area contributed by atoms with Gasteiger partial charge >= 0.3 is 0 Å². The average molecular weight is 592 g/mol. The van der Waals surface area contributed by atoms with Gasteiger partial charge in [0, 0.05) is 12.6 Å². The number of aryl methyl sites for hydroxylation is 1. The molecular weight excluding hydrogens is 550 g/mol. The first kappa shape index (κ1) is 31.1. The molecule has 0 aromatic heterocycles. The van der Waals surface area contributed by atoms with Crippen molar-refractivity contribution in [3.63, 3.8) is 0 Å². The fourth-order valence-electron chi connectivity index (χ4n) is 5.47. The van der Waals surface area contributed by atoms with Crippen LogP contribution in [0.1, 0.15) is 56.6 Å². The van der Waals surface area contributed by atoms with Crippen molar-refractivity contribution in [3.05, 3.63) is 90.0 Å². The number of benzene rings is 3. The van der Waals surface area contributed by atoms with Crippen molar-refractivity contribution in [2.24, 2.45) is 0 Å². The van der Waals surface area contributed by atoms with Crippen molar-refractivity contribution < 1.29 is 22.7 Å². The van der Waals surface area contributed by atoms with Crippen LogP contribution < -0.4 is 14.4 Å². The summed E-state index contributed by atoms with van der Waals surface area (Å²) in [5.74, 6) is 0.0113. The first-order valence-electron chi connectivity index (χ1n) is 14.6. The van der Waals surface area contributed by atoms with Gasteiger partial charge in [0.15, 0.2) is 0 Å². The first-order valence-corrected chi connectivity index (χ1v) is 16.0. The number of sulfonamides is 1.